The van der Waals surface area contributed by atoms with Gasteiger partial charge in [-0.05, 0) is 19.4 Å². The van der Waals surface area contributed by atoms with E-state index >= 15 is 0 Å². The molecule has 0 spiro atoms. The van der Waals surface area contributed by atoms with Gasteiger partial charge in [0.1, 0.15) is 6.61 Å². The number of likely N-dealkylation sites (tertiary alicyclic amines) is 1. The van der Waals surface area contributed by atoms with E-state index in [9.17, 15) is 14.7 Å². The van der Waals surface area contributed by atoms with Crippen LogP contribution in [0, 0.1) is 0 Å². The smallest absolute Gasteiger partial charge is 0.331 e. The van der Waals surface area contributed by atoms with Crippen LogP contribution in [-0.4, -0.2) is 61.4 Å². The van der Waals surface area contributed by atoms with Crippen LogP contribution in [0.25, 0.3) is 0 Å². The molecule has 1 aliphatic rings. The number of carbonyl (C=O) groups is 2. The zero-order valence-corrected chi connectivity index (χ0v) is 11.2. The lowest BCUT2D eigenvalue weighted by atomic mass is 10.0. The molecule has 0 aromatic carbocycles. The van der Waals surface area contributed by atoms with Gasteiger partial charge in [-0.15, -0.1) is 0 Å². The summed E-state index contributed by atoms with van der Waals surface area (Å²) in [4.78, 5) is 24.2. The molecule has 1 aliphatic heterocycles. The lowest BCUT2D eigenvalue weighted by Crippen LogP contribution is -2.43. The molecule has 0 aromatic rings. The highest BCUT2D eigenvalue weighted by atomic mass is 16.5. The molecule has 0 aromatic heterocycles. The third kappa shape index (κ3) is 5.85. The van der Waals surface area contributed by atoms with Crippen LogP contribution in [0.2, 0.25) is 0 Å². The Hall–Kier alpha value is -1.40. The highest BCUT2D eigenvalue weighted by molar-refractivity contribution is 5.91. The molecule has 0 bridgehead atoms. The fourth-order valence-electron chi connectivity index (χ4n) is 2.08. The number of carbonyl (C=O) groups excluding carboxylic acids is 2. The predicted molar refractivity (Wildman–Crippen MR) is 68.4 cm³/mol. The SMILES string of the molecule is COC(=O)/C=C/C(=O)OCCN1CCCCC1CO. The molecular formula is C13H21NO5. The van der Waals surface area contributed by atoms with Crippen molar-refractivity contribution in [2.75, 3.05) is 33.4 Å². The second-order valence-corrected chi connectivity index (χ2v) is 4.39. The van der Waals surface area contributed by atoms with Crippen LogP contribution in [0.3, 0.4) is 0 Å². The first-order valence-electron chi connectivity index (χ1n) is 6.45. The Bertz CT molecular complexity index is 329. The van der Waals surface area contributed by atoms with Crippen LogP contribution in [0.4, 0.5) is 0 Å². The molecule has 1 saturated heterocycles. The van der Waals surface area contributed by atoms with Gasteiger partial charge in [-0.1, -0.05) is 6.42 Å². The molecule has 108 valence electrons. The lowest BCUT2D eigenvalue weighted by molar-refractivity contribution is -0.140. The Morgan fingerprint density at radius 1 is 1.32 bits per heavy atom. The van der Waals surface area contributed by atoms with E-state index in [-0.39, 0.29) is 19.3 Å². The molecule has 0 aliphatic carbocycles. The van der Waals surface area contributed by atoms with Crippen LogP contribution in [0.15, 0.2) is 12.2 Å². The van der Waals surface area contributed by atoms with Crippen molar-refractivity contribution >= 4 is 11.9 Å². The standard InChI is InChI=1S/C13H21NO5/c1-18-12(16)5-6-13(17)19-9-8-14-7-3-2-4-11(14)10-15/h5-6,11,15H,2-4,7-10H2,1H3/b6-5+. The van der Waals surface area contributed by atoms with E-state index in [1.807, 2.05) is 0 Å². The van der Waals surface area contributed by atoms with Gasteiger partial charge in [0.15, 0.2) is 0 Å². The Labute approximate surface area is 113 Å². The number of ether oxygens (including phenoxy) is 2. The Kier molecular flexibility index (Phi) is 7.14. The van der Waals surface area contributed by atoms with Crippen molar-refractivity contribution in [3.63, 3.8) is 0 Å². The summed E-state index contributed by atoms with van der Waals surface area (Å²) in [6.45, 7) is 1.90. The maximum atomic E-state index is 11.3. The minimum Gasteiger partial charge on any atom is -0.466 e. The van der Waals surface area contributed by atoms with Crippen molar-refractivity contribution < 1.29 is 24.2 Å². The fourth-order valence-corrected chi connectivity index (χ4v) is 2.08. The van der Waals surface area contributed by atoms with Gasteiger partial charge in [0.25, 0.3) is 0 Å². The molecule has 0 radical (unpaired) electrons. The second kappa shape index (κ2) is 8.66. The maximum Gasteiger partial charge on any atom is 0.331 e. The molecule has 1 unspecified atom stereocenters. The molecule has 19 heavy (non-hydrogen) atoms. The third-order valence-corrected chi connectivity index (χ3v) is 3.14. The summed E-state index contributed by atoms with van der Waals surface area (Å²) in [7, 11) is 1.24. The number of nitrogens with zero attached hydrogens (tertiary/aromatic N) is 1. The maximum absolute atomic E-state index is 11.3. The summed E-state index contributed by atoms with van der Waals surface area (Å²) < 4.78 is 9.34. The fraction of sp³-hybridized carbons (Fsp3) is 0.692. The minimum absolute atomic E-state index is 0.135. The van der Waals surface area contributed by atoms with Gasteiger partial charge in [-0.2, -0.15) is 0 Å². The van der Waals surface area contributed by atoms with Crippen molar-refractivity contribution in [1.29, 1.82) is 0 Å². The molecule has 6 heteroatoms. The first kappa shape index (κ1) is 15.7. The van der Waals surface area contributed by atoms with E-state index in [1.54, 1.807) is 0 Å². The van der Waals surface area contributed by atoms with Crippen LogP contribution in [0.1, 0.15) is 19.3 Å². The number of esters is 2. The van der Waals surface area contributed by atoms with Gasteiger partial charge in [0.05, 0.1) is 13.7 Å². The highest BCUT2D eigenvalue weighted by Gasteiger charge is 2.21. The molecule has 1 atom stereocenters. The number of methoxy groups -OCH3 is 1. The number of aliphatic hydroxyl groups excluding tert-OH is 1. The van der Waals surface area contributed by atoms with E-state index in [2.05, 4.69) is 9.64 Å². The summed E-state index contributed by atoms with van der Waals surface area (Å²) in [5.74, 6) is -1.16. The van der Waals surface area contributed by atoms with Crippen LogP contribution in [-0.2, 0) is 19.1 Å². The van der Waals surface area contributed by atoms with Crippen molar-refractivity contribution in [1.82, 2.24) is 4.90 Å². The van der Waals surface area contributed by atoms with Crippen molar-refractivity contribution in [3.05, 3.63) is 12.2 Å². The van der Waals surface area contributed by atoms with Crippen molar-refractivity contribution in [3.8, 4) is 0 Å². The quantitative estimate of drug-likeness (QED) is 0.545. The summed E-state index contributed by atoms with van der Waals surface area (Å²) in [5.41, 5.74) is 0. The van der Waals surface area contributed by atoms with Crippen LogP contribution < -0.4 is 0 Å². The number of hydrogen-bond donors (Lipinski definition) is 1. The van der Waals surface area contributed by atoms with Crippen LogP contribution >= 0.6 is 0 Å². The summed E-state index contributed by atoms with van der Waals surface area (Å²) in [5, 5.41) is 9.23. The highest BCUT2D eigenvalue weighted by Crippen LogP contribution is 2.15. The average molecular weight is 271 g/mol. The zero-order valence-electron chi connectivity index (χ0n) is 11.2. The molecule has 1 fully saturated rings. The van der Waals surface area contributed by atoms with Crippen molar-refractivity contribution in [2.24, 2.45) is 0 Å². The molecular weight excluding hydrogens is 250 g/mol. The van der Waals surface area contributed by atoms with E-state index in [0.717, 1.165) is 38.0 Å². The Morgan fingerprint density at radius 2 is 2.05 bits per heavy atom. The van der Waals surface area contributed by atoms with E-state index < -0.39 is 11.9 Å². The van der Waals surface area contributed by atoms with E-state index in [0.29, 0.717) is 6.54 Å². The minimum atomic E-state index is -0.590. The number of rotatable bonds is 6. The number of hydrogen-bond acceptors (Lipinski definition) is 6. The molecule has 0 saturated carbocycles. The topological polar surface area (TPSA) is 76.1 Å². The number of piperidine rings is 1. The van der Waals surface area contributed by atoms with Gasteiger partial charge in [-0.25, -0.2) is 9.59 Å². The zero-order chi connectivity index (χ0) is 14.1. The molecule has 6 nitrogen and oxygen atoms in total. The molecule has 1 N–H and O–H groups in total. The predicted octanol–water partition coefficient (Wildman–Crippen LogP) is 0.106. The third-order valence-electron chi connectivity index (χ3n) is 3.14. The van der Waals surface area contributed by atoms with Crippen molar-refractivity contribution in [2.45, 2.75) is 25.3 Å². The second-order valence-electron chi connectivity index (χ2n) is 4.39. The van der Waals surface area contributed by atoms with Crippen LogP contribution in [0.5, 0.6) is 0 Å². The van der Waals surface area contributed by atoms with Gasteiger partial charge in [0.2, 0.25) is 0 Å². The molecule has 1 rings (SSSR count). The lowest BCUT2D eigenvalue weighted by Gasteiger charge is -2.34. The summed E-state index contributed by atoms with van der Waals surface area (Å²) >= 11 is 0. The monoisotopic (exact) mass is 271 g/mol. The summed E-state index contributed by atoms with van der Waals surface area (Å²) in [6, 6.07) is 0.165. The number of aliphatic hydroxyl groups is 1. The van der Waals surface area contributed by atoms with Gasteiger partial charge in [0, 0.05) is 24.7 Å². The van der Waals surface area contributed by atoms with Gasteiger partial charge >= 0.3 is 11.9 Å². The molecule has 1 heterocycles. The Morgan fingerprint density at radius 3 is 2.74 bits per heavy atom. The first-order valence-corrected chi connectivity index (χ1v) is 6.45. The van der Waals surface area contributed by atoms with E-state index in [1.165, 1.54) is 7.11 Å². The Balaban J connectivity index is 2.23. The van der Waals surface area contributed by atoms with E-state index in [4.69, 9.17) is 4.74 Å². The van der Waals surface area contributed by atoms with Gasteiger partial charge in [-0.3, -0.25) is 4.90 Å². The summed E-state index contributed by atoms with van der Waals surface area (Å²) in [6.07, 6.45) is 5.29. The average Bonchev–Trinajstić information content (AvgIpc) is 2.45. The largest absolute Gasteiger partial charge is 0.466 e. The van der Waals surface area contributed by atoms with Gasteiger partial charge < -0.3 is 14.6 Å². The molecule has 0 amide bonds. The normalized spacial score (nSPS) is 20.4. The first-order chi connectivity index (χ1) is 9.17.